The maximum atomic E-state index is 9.25. The first-order valence-electron chi connectivity index (χ1n) is 20.4. The largest absolute Gasteiger partial charge is 0.292 e. The molecule has 0 aliphatic carbocycles. The van der Waals surface area contributed by atoms with Crippen molar-refractivity contribution in [1.82, 2.24) is 9.55 Å². The molecule has 0 aliphatic rings. The Labute approximate surface area is 251 Å². The number of nitrogens with zero attached hydrogens (tertiary/aromatic N) is 2. The van der Waals surface area contributed by atoms with Crippen LogP contribution < -0.4 is 5.19 Å². The molecule has 1 unspecified atom stereocenters. The lowest BCUT2D eigenvalue weighted by Crippen LogP contribution is -2.37. The molecule has 3 heteroatoms. The number of hydrogen-bond donors (Lipinski definition) is 0. The van der Waals surface area contributed by atoms with Crippen molar-refractivity contribution < 1.29 is 21.9 Å². The van der Waals surface area contributed by atoms with Gasteiger partial charge in [0, 0.05) is 27.5 Å². The van der Waals surface area contributed by atoms with Gasteiger partial charge in [-0.15, -0.1) is 0 Å². The predicted octanol–water partition coefficient (Wildman–Crippen LogP) is 9.46. The fraction of sp³-hybridized carbons (Fsp3) is 0.286. The summed E-state index contributed by atoms with van der Waals surface area (Å²) >= 11 is 0. The van der Waals surface area contributed by atoms with Crippen LogP contribution in [0.25, 0.3) is 39.2 Å². The van der Waals surface area contributed by atoms with Crippen LogP contribution in [-0.4, -0.2) is 17.6 Å². The summed E-state index contributed by atoms with van der Waals surface area (Å²) < 4.78 is 137. The van der Waals surface area contributed by atoms with E-state index >= 15 is 0 Å². The molecule has 1 heterocycles. The van der Waals surface area contributed by atoms with E-state index in [4.69, 9.17) is 24.2 Å². The molecule has 5 aromatic rings. The molecular formula is C35H40N2Si. The SMILES string of the molecule is [2H]C([2H])C([2H])(c1cccc(C([2H])(C([2H])([2H])[2H])C([2H])([2H])[2H])c1-n1c(-c2ccc(C([2H])([2H])[2H])c(-c3ccc([Si](C)(C)C)cc3)c2)nc2ccccc21)C([2H])([2H])[2H]. The third-order valence-electron chi connectivity index (χ3n) is 6.72. The van der Waals surface area contributed by atoms with Gasteiger partial charge < -0.3 is 0 Å². The van der Waals surface area contributed by atoms with E-state index in [9.17, 15) is 2.74 Å². The van der Waals surface area contributed by atoms with Gasteiger partial charge in [-0.3, -0.25) is 4.57 Å². The van der Waals surface area contributed by atoms with Gasteiger partial charge in [0.05, 0.1) is 24.8 Å². The maximum absolute atomic E-state index is 9.25. The zero-order valence-corrected chi connectivity index (χ0v) is 22.6. The van der Waals surface area contributed by atoms with Gasteiger partial charge in [0.2, 0.25) is 0 Å². The van der Waals surface area contributed by atoms with Crippen LogP contribution in [0.3, 0.4) is 0 Å². The first-order chi connectivity index (χ1) is 24.6. The first kappa shape index (κ1) is 13.1. The van der Waals surface area contributed by atoms with E-state index in [1.807, 2.05) is 24.3 Å². The van der Waals surface area contributed by atoms with Gasteiger partial charge in [-0.05, 0) is 64.7 Å². The monoisotopic (exact) mass is 532 g/mol. The second-order valence-corrected chi connectivity index (χ2v) is 15.4. The van der Waals surface area contributed by atoms with Crippen molar-refractivity contribution in [2.45, 2.75) is 65.7 Å². The molecule has 194 valence electrons. The highest BCUT2D eigenvalue weighted by molar-refractivity contribution is 6.88. The van der Waals surface area contributed by atoms with Crippen molar-refractivity contribution in [2.24, 2.45) is 0 Å². The van der Waals surface area contributed by atoms with Crippen LogP contribution in [0, 0.1) is 6.85 Å². The smallest absolute Gasteiger partial charge is 0.145 e. The standard InChI is InChI=1S/C35H40N2Si/c1-23(2)29-12-11-13-30(24(3)4)34(29)37-33-15-10-9-14-32(33)36-35(37)27-17-16-25(5)31(22-27)26-18-20-28(21-19-26)38(6,7)8/h9-24H,1-8H3/i1D2,2D3,3D3,4D3,5D3,23D,24D. The first-order valence-corrected chi connectivity index (χ1v) is 15.8. The normalized spacial score (nSPS) is 21.6. The van der Waals surface area contributed by atoms with Crippen molar-refractivity contribution >= 4 is 24.3 Å². The minimum atomic E-state index is -3.55. The van der Waals surface area contributed by atoms with Crippen LogP contribution in [0.15, 0.2) is 84.9 Å². The fourth-order valence-corrected chi connectivity index (χ4v) is 5.89. The molecule has 0 saturated heterocycles. The minimum Gasteiger partial charge on any atom is -0.292 e. The van der Waals surface area contributed by atoms with Gasteiger partial charge in [0.15, 0.2) is 0 Å². The van der Waals surface area contributed by atoms with Crippen LogP contribution >= 0.6 is 0 Å². The van der Waals surface area contributed by atoms with Crippen molar-refractivity contribution in [2.75, 3.05) is 0 Å². The highest BCUT2D eigenvalue weighted by atomic mass is 28.3. The Hall–Kier alpha value is -3.43. The number of aryl methyl sites for hydroxylation is 1. The molecule has 0 aliphatic heterocycles. The number of benzene rings is 4. The number of imidazole rings is 1. The maximum Gasteiger partial charge on any atom is 0.145 e. The van der Waals surface area contributed by atoms with E-state index in [2.05, 4.69) is 19.6 Å². The second-order valence-electron chi connectivity index (χ2n) is 10.3. The molecule has 0 N–H and O–H groups in total. The quantitative estimate of drug-likeness (QED) is 0.199. The summed E-state index contributed by atoms with van der Waals surface area (Å²) in [5.41, 5.74) is -0.188. The Morgan fingerprint density at radius 3 is 2.18 bits per heavy atom. The van der Waals surface area contributed by atoms with Crippen molar-refractivity contribution in [3.8, 4) is 28.2 Å². The lowest BCUT2D eigenvalue weighted by molar-refractivity contribution is 0.811. The summed E-state index contributed by atoms with van der Waals surface area (Å²) in [4.78, 5) is 4.80. The highest BCUT2D eigenvalue weighted by Crippen LogP contribution is 2.38. The zero-order chi connectivity index (χ0) is 40.6. The van der Waals surface area contributed by atoms with Gasteiger partial charge in [0.1, 0.15) is 5.82 Å². The molecular weight excluding hydrogens is 476 g/mol. The van der Waals surface area contributed by atoms with Gasteiger partial charge in [0.25, 0.3) is 0 Å². The summed E-state index contributed by atoms with van der Waals surface area (Å²) in [6.45, 7) is -8.92. The number of rotatable bonds is 6. The number of hydrogen-bond acceptors (Lipinski definition) is 1. The molecule has 0 amide bonds. The Balaban J connectivity index is 2.00. The highest BCUT2D eigenvalue weighted by Gasteiger charge is 2.22. The fourth-order valence-electron chi connectivity index (χ4n) is 4.72. The van der Waals surface area contributed by atoms with Crippen LogP contribution in [0.5, 0.6) is 0 Å². The number of para-hydroxylation sites is 3. The van der Waals surface area contributed by atoms with Gasteiger partial charge in [-0.25, -0.2) is 4.98 Å². The molecule has 4 aromatic carbocycles. The van der Waals surface area contributed by atoms with Gasteiger partial charge in [-0.2, -0.15) is 0 Å². The second kappa shape index (κ2) is 10.0. The molecule has 2 nitrogen and oxygen atoms in total. The third-order valence-corrected chi connectivity index (χ3v) is 8.79. The van der Waals surface area contributed by atoms with E-state index in [0.29, 0.717) is 11.1 Å². The van der Waals surface area contributed by atoms with Crippen molar-refractivity contribution in [1.29, 1.82) is 0 Å². The van der Waals surface area contributed by atoms with E-state index in [-0.39, 0.29) is 28.0 Å². The zero-order valence-electron chi connectivity index (χ0n) is 37.6. The Bertz CT molecular complexity index is 2160. The Morgan fingerprint density at radius 2 is 1.50 bits per heavy atom. The topological polar surface area (TPSA) is 17.8 Å². The molecule has 0 bridgehead atoms. The van der Waals surface area contributed by atoms with E-state index in [1.165, 1.54) is 16.7 Å². The summed E-state index contributed by atoms with van der Waals surface area (Å²) in [5, 5.41) is 1.14. The van der Waals surface area contributed by atoms with E-state index < -0.39 is 71.0 Å². The molecule has 0 radical (unpaired) electrons. The van der Waals surface area contributed by atoms with E-state index in [0.717, 1.165) is 23.4 Å². The van der Waals surface area contributed by atoms with Crippen LogP contribution in [0.4, 0.5) is 0 Å². The predicted molar refractivity (Wildman–Crippen MR) is 168 cm³/mol. The van der Waals surface area contributed by atoms with Gasteiger partial charge in [-0.1, -0.05) is 119 Å². The van der Waals surface area contributed by atoms with Crippen LogP contribution in [-0.2, 0) is 0 Å². The van der Waals surface area contributed by atoms with Crippen LogP contribution in [0.2, 0.25) is 19.6 Å². The molecule has 1 atom stereocenters. The molecule has 38 heavy (non-hydrogen) atoms. The minimum absolute atomic E-state index is 0.0181. The molecule has 0 fully saturated rings. The Kier molecular flexibility index (Phi) is 3.45. The number of aromatic nitrogens is 2. The number of fused-ring (bicyclic) bond motifs is 1. The van der Waals surface area contributed by atoms with Crippen molar-refractivity contribution in [3.63, 3.8) is 0 Å². The summed E-state index contributed by atoms with van der Waals surface area (Å²) in [6.07, 6.45) is 0. The summed E-state index contributed by atoms with van der Waals surface area (Å²) in [5.74, 6) is -6.54. The van der Waals surface area contributed by atoms with Crippen molar-refractivity contribution in [3.05, 3.63) is 102 Å². The van der Waals surface area contributed by atoms with E-state index in [1.54, 1.807) is 30.3 Å². The molecule has 0 spiro atoms. The molecule has 1 aromatic heterocycles. The Morgan fingerprint density at radius 1 is 0.789 bits per heavy atom. The molecule has 0 saturated carbocycles. The molecule has 5 rings (SSSR count). The lowest BCUT2D eigenvalue weighted by atomic mass is 9.92. The third kappa shape index (κ3) is 4.76. The van der Waals surface area contributed by atoms with Gasteiger partial charge >= 0.3 is 0 Å². The van der Waals surface area contributed by atoms with Crippen LogP contribution in [0.1, 0.15) is 77.8 Å². The summed E-state index contributed by atoms with van der Waals surface area (Å²) in [6, 6.07) is 21.7. The lowest BCUT2D eigenvalue weighted by Gasteiger charge is -2.23. The average molecular weight is 533 g/mol. The average Bonchev–Trinajstić information content (AvgIpc) is 3.44. The summed E-state index contributed by atoms with van der Waals surface area (Å²) in [7, 11) is -1.73.